The van der Waals surface area contributed by atoms with Crippen LogP contribution in [0.15, 0.2) is 10.7 Å². The highest BCUT2D eigenvalue weighted by atomic mass is 79.9. The Kier molecular flexibility index (Phi) is 4.47. The van der Waals surface area contributed by atoms with Gasteiger partial charge in [-0.2, -0.15) is 0 Å². The number of rotatable bonds is 4. The second-order valence-corrected chi connectivity index (χ2v) is 4.52. The van der Waals surface area contributed by atoms with Crippen LogP contribution in [0.2, 0.25) is 0 Å². The highest BCUT2D eigenvalue weighted by Crippen LogP contribution is 2.19. The molecule has 0 unspecified atom stereocenters. The number of likely N-dealkylation sites (N-methyl/N-ethyl adjacent to an activating group) is 1. The van der Waals surface area contributed by atoms with Gasteiger partial charge in [-0.25, -0.2) is 9.97 Å². The van der Waals surface area contributed by atoms with Crippen molar-refractivity contribution in [3.8, 4) is 0 Å². The van der Waals surface area contributed by atoms with Crippen molar-refractivity contribution in [2.24, 2.45) is 0 Å². The van der Waals surface area contributed by atoms with Gasteiger partial charge in [-0.1, -0.05) is 13.8 Å². The molecule has 1 N–H and O–H groups in total. The van der Waals surface area contributed by atoms with E-state index >= 15 is 0 Å². The Hall–Kier alpha value is -0.680. The number of hydrogen-bond acceptors (Lipinski definition) is 4. The predicted molar refractivity (Wildman–Crippen MR) is 64.2 cm³/mol. The summed E-state index contributed by atoms with van der Waals surface area (Å²) in [6.45, 7) is 4.80. The molecule has 1 aromatic rings. The van der Waals surface area contributed by atoms with E-state index in [1.807, 2.05) is 18.0 Å². The van der Waals surface area contributed by atoms with Crippen LogP contribution >= 0.6 is 15.9 Å². The third-order valence-corrected chi connectivity index (χ3v) is 2.45. The summed E-state index contributed by atoms with van der Waals surface area (Å²) >= 11 is 3.36. The number of nitrogens with zero attached hydrogens (tertiary/aromatic N) is 3. The molecule has 5 heteroatoms. The minimum absolute atomic E-state index is 0.120. The van der Waals surface area contributed by atoms with Gasteiger partial charge in [0.15, 0.2) is 0 Å². The van der Waals surface area contributed by atoms with Gasteiger partial charge in [-0.3, -0.25) is 0 Å². The van der Waals surface area contributed by atoms with Crippen LogP contribution in [0.25, 0.3) is 0 Å². The van der Waals surface area contributed by atoms with Crippen LogP contribution in [0.1, 0.15) is 25.6 Å². The summed E-state index contributed by atoms with van der Waals surface area (Å²) in [6, 6.07) is 1.85. The van der Waals surface area contributed by atoms with Gasteiger partial charge in [0.25, 0.3) is 0 Å². The van der Waals surface area contributed by atoms with Crippen LogP contribution in [-0.4, -0.2) is 35.3 Å². The van der Waals surface area contributed by atoms with E-state index in [2.05, 4.69) is 39.7 Å². The quantitative estimate of drug-likeness (QED) is 0.850. The fourth-order valence-electron chi connectivity index (χ4n) is 1.14. The SMILES string of the molecule is CC(C)c1nc(Br)cc(N(C)CCO)n1. The number of aliphatic hydroxyl groups is 1. The number of halogens is 1. The minimum atomic E-state index is 0.120. The summed E-state index contributed by atoms with van der Waals surface area (Å²) in [5.41, 5.74) is 0. The Bertz CT molecular complexity index is 330. The van der Waals surface area contributed by atoms with Gasteiger partial charge in [-0.15, -0.1) is 0 Å². The summed E-state index contributed by atoms with van der Waals surface area (Å²) in [5.74, 6) is 1.93. The molecule has 0 aliphatic carbocycles. The molecule has 0 amide bonds. The number of aromatic nitrogens is 2. The Labute approximate surface area is 98.5 Å². The van der Waals surface area contributed by atoms with Gasteiger partial charge in [-0.05, 0) is 15.9 Å². The molecule has 0 aromatic carbocycles. The molecule has 0 aliphatic rings. The van der Waals surface area contributed by atoms with Crippen LogP contribution in [-0.2, 0) is 0 Å². The van der Waals surface area contributed by atoms with E-state index in [0.717, 1.165) is 16.2 Å². The van der Waals surface area contributed by atoms with Gasteiger partial charge in [0.05, 0.1) is 6.61 Å². The standard InChI is InChI=1S/C10H16BrN3O/c1-7(2)10-12-8(11)6-9(13-10)14(3)4-5-15/h6-7,15H,4-5H2,1-3H3. The van der Waals surface area contributed by atoms with E-state index in [1.165, 1.54) is 0 Å². The van der Waals surface area contributed by atoms with E-state index in [4.69, 9.17) is 5.11 Å². The first-order valence-electron chi connectivity index (χ1n) is 4.91. The summed E-state index contributed by atoms with van der Waals surface area (Å²) in [7, 11) is 1.90. The van der Waals surface area contributed by atoms with Crippen LogP contribution in [0, 0.1) is 0 Å². The Balaban J connectivity index is 2.98. The Morgan fingerprint density at radius 3 is 2.67 bits per heavy atom. The number of hydrogen-bond donors (Lipinski definition) is 1. The number of anilines is 1. The van der Waals surface area contributed by atoms with Crippen LogP contribution in [0.3, 0.4) is 0 Å². The molecule has 15 heavy (non-hydrogen) atoms. The molecule has 1 rings (SSSR count). The molecule has 0 saturated carbocycles. The molecule has 0 radical (unpaired) electrons. The van der Waals surface area contributed by atoms with Crippen molar-refractivity contribution in [3.63, 3.8) is 0 Å². The zero-order valence-electron chi connectivity index (χ0n) is 9.24. The predicted octanol–water partition coefficient (Wildman–Crippen LogP) is 1.79. The topological polar surface area (TPSA) is 49.2 Å². The van der Waals surface area contributed by atoms with Gasteiger partial charge in [0, 0.05) is 25.6 Å². The number of aliphatic hydroxyl groups excluding tert-OH is 1. The fraction of sp³-hybridized carbons (Fsp3) is 0.600. The lowest BCUT2D eigenvalue weighted by Gasteiger charge is -2.18. The van der Waals surface area contributed by atoms with Gasteiger partial charge in [0.2, 0.25) is 0 Å². The van der Waals surface area contributed by atoms with Crippen molar-refractivity contribution >= 4 is 21.7 Å². The average Bonchev–Trinajstić information content (AvgIpc) is 2.17. The molecule has 4 nitrogen and oxygen atoms in total. The van der Waals surface area contributed by atoms with E-state index in [1.54, 1.807) is 0 Å². The Morgan fingerprint density at radius 2 is 2.13 bits per heavy atom. The van der Waals surface area contributed by atoms with Crippen molar-refractivity contribution < 1.29 is 5.11 Å². The third-order valence-electron chi connectivity index (χ3n) is 2.04. The Morgan fingerprint density at radius 1 is 1.47 bits per heavy atom. The molecule has 0 atom stereocenters. The average molecular weight is 274 g/mol. The van der Waals surface area contributed by atoms with Gasteiger partial charge >= 0.3 is 0 Å². The smallest absolute Gasteiger partial charge is 0.134 e. The first-order valence-corrected chi connectivity index (χ1v) is 5.70. The summed E-state index contributed by atoms with van der Waals surface area (Å²) in [6.07, 6.45) is 0. The monoisotopic (exact) mass is 273 g/mol. The van der Waals surface area contributed by atoms with Crippen molar-refractivity contribution in [1.29, 1.82) is 0 Å². The van der Waals surface area contributed by atoms with Gasteiger partial charge in [0.1, 0.15) is 16.2 Å². The lowest BCUT2D eigenvalue weighted by Crippen LogP contribution is -2.23. The van der Waals surface area contributed by atoms with Gasteiger partial charge < -0.3 is 10.0 Å². The molecular formula is C10H16BrN3O. The summed E-state index contributed by atoms with van der Waals surface area (Å²) < 4.78 is 0.779. The maximum Gasteiger partial charge on any atom is 0.134 e. The lowest BCUT2D eigenvalue weighted by atomic mass is 10.2. The van der Waals surface area contributed by atoms with E-state index < -0.39 is 0 Å². The second kappa shape index (κ2) is 5.42. The maximum absolute atomic E-state index is 8.85. The van der Waals surface area contributed by atoms with Crippen LogP contribution in [0.4, 0.5) is 5.82 Å². The zero-order chi connectivity index (χ0) is 11.4. The normalized spacial score (nSPS) is 10.8. The van der Waals surface area contributed by atoms with E-state index in [9.17, 15) is 0 Å². The first kappa shape index (κ1) is 12.4. The molecular weight excluding hydrogens is 258 g/mol. The van der Waals surface area contributed by atoms with E-state index in [0.29, 0.717) is 12.5 Å². The van der Waals surface area contributed by atoms with Crippen molar-refractivity contribution in [2.45, 2.75) is 19.8 Å². The maximum atomic E-state index is 8.85. The molecule has 0 bridgehead atoms. The van der Waals surface area contributed by atoms with Crippen LogP contribution < -0.4 is 4.90 Å². The molecule has 84 valence electrons. The molecule has 0 spiro atoms. The summed E-state index contributed by atoms with van der Waals surface area (Å²) in [4.78, 5) is 10.6. The van der Waals surface area contributed by atoms with Crippen molar-refractivity contribution in [3.05, 3.63) is 16.5 Å². The zero-order valence-corrected chi connectivity index (χ0v) is 10.8. The second-order valence-electron chi connectivity index (χ2n) is 3.71. The minimum Gasteiger partial charge on any atom is -0.395 e. The highest BCUT2D eigenvalue weighted by Gasteiger charge is 2.09. The molecule has 0 fully saturated rings. The molecule has 1 heterocycles. The molecule has 0 aliphatic heterocycles. The fourth-order valence-corrected chi connectivity index (χ4v) is 1.53. The lowest BCUT2D eigenvalue weighted by molar-refractivity contribution is 0.304. The largest absolute Gasteiger partial charge is 0.395 e. The highest BCUT2D eigenvalue weighted by molar-refractivity contribution is 9.10. The van der Waals surface area contributed by atoms with E-state index in [-0.39, 0.29) is 6.61 Å². The third kappa shape index (κ3) is 3.43. The molecule has 1 aromatic heterocycles. The first-order chi connectivity index (χ1) is 7.04. The molecule has 0 saturated heterocycles. The van der Waals surface area contributed by atoms with Crippen molar-refractivity contribution in [2.75, 3.05) is 25.1 Å². The summed E-state index contributed by atoms with van der Waals surface area (Å²) in [5, 5.41) is 8.85. The van der Waals surface area contributed by atoms with Crippen LogP contribution in [0.5, 0.6) is 0 Å². The van der Waals surface area contributed by atoms with Crippen molar-refractivity contribution in [1.82, 2.24) is 9.97 Å².